The third kappa shape index (κ3) is 4.74. The van der Waals surface area contributed by atoms with E-state index in [4.69, 9.17) is 0 Å². The molecule has 3 heterocycles. The summed E-state index contributed by atoms with van der Waals surface area (Å²) in [5.74, 6) is -0.627. The van der Waals surface area contributed by atoms with Crippen LogP contribution >= 0.6 is 0 Å². The van der Waals surface area contributed by atoms with Crippen LogP contribution in [0.3, 0.4) is 0 Å². The number of benzene rings is 4. The van der Waals surface area contributed by atoms with Gasteiger partial charge in [0, 0.05) is 29.1 Å². The topological polar surface area (TPSA) is 85.5 Å². The first-order chi connectivity index (χ1) is 21.4. The smallest absolute Gasteiger partial charge is 0.332 e. The number of anilines is 1. The highest BCUT2D eigenvalue weighted by molar-refractivity contribution is 6.24. The summed E-state index contributed by atoms with van der Waals surface area (Å²) in [5.41, 5.74) is 6.81. The lowest BCUT2D eigenvalue weighted by atomic mass is 9.88. The molecule has 44 heavy (non-hydrogen) atoms. The van der Waals surface area contributed by atoms with Crippen LogP contribution < -0.4 is 10.2 Å². The molecule has 0 bridgehead atoms. The molecule has 2 N–H and O–H groups in total. The van der Waals surface area contributed by atoms with Crippen molar-refractivity contribution in [3.63, 3.8) is 0 Å². The van der Waals surface area contributed by atoms with Crippen molar-refractivity contribution < 1.29 is 14.4 Å². The number of aryl methyl sites for hydroxylation is 2. The molecule has 1 saturated heterocycles. The number of amides is 4. The molecule has 0 saturated carbocycles. The largest absolute Gasteiger partial charge is 0.356 e. The van der Waals surface area contributed by atoms with E-state index in [1.54, 1.807) is 29.2 Å². The van der Waals surface area contributed by atoms with Gasteiger partial charge >= 0.3 is 6.03 Å². The zero-order valence-corrected chi connectivity index (χ0v) is 24.8. The maximum Gasteiger partial charge on any atom is 0.332 e. The summed E-state index contributed by atoms with van der Waals surface area (Å²) in [6.07, 6.45) is 1.99. The summed E-state index contributed by atoms with van der Waals surface area (Å²) in [4.78, 5) is 48.7. The number of nitrogens with one attached hydrogen (secondary N) is 2. The van der Waals surface area contributed by atoms with Crippen LogP contribution in [0, 0.1) is 6.92 Å². The number of para-hydroxylation sites is 2. The molecule has 3 atom stereocenters. The zero-order chi connectivity index (χ0) is 30.4. The number of aromatic nitrogens is 1. The summed E-state index contributed by atoms with van der Waals surface area (Å²) in [7, 11) is 0. The van der Waals surface area contributed by atoms with Crippen LogP contribution in [-0.4, -0.2) is 39.8 Å². The van der Waals surface area contributed by atoms with Crippen LogP contribution in [0.5, 0.6) is 0 Å². The summed E-state index contributed by atoms with van der Waals surface area (Å²) < 4.78 is 0. The molecule has 4 aromatic carbocycles. The van der Waals surface area contributed by atoms with E-state index >= 15 is 0 Å². The second-order valence-corrected chi connectivity index (χ2v) is 11.9. The molecule has 0 aliphatic carbocycles. The Morgan fingerprint density at radius 3 is 2.41 bits per heavy atom. The van der Waals surface area contributed by atoms with Gasteiger partial charge in [0.2, 0.25) is 0 Å². The van der Waals surface area contributed by atoms with Crippen LogP contribution in [0.15, 0.2) is 103 Å². The van der Waals surface area contributed by atoms with Crippen molar-refractivity contribution in [1.29, 1.82) is 0 Å². The molecule has 4 amide bonds. The first-order valence-electron chi connectivity index (χ1n) is 15.2. The summed E-state index contributed by atoms with van der Waals surface area (Å²) in [6.45, 7) is 4.00. The van der Waals surface area contributed by atoms with E-state index in [-0.39, 0.29) is 17.9 Å². The van der Waals surface area contributed by atoms with Gasteiger partial charge in [-0.05, 0) is 61.6 Å². The van der Waals surface area contributed by atoms with E-state index in [2.05, 4.69) is 28.5 Å². The molecular weight excluding hydrogens is 548 g/mol. The summed E-state index contributed by atoms with van der Waals surface area (Å²) in [5, 5.41) is 4.14. The molecule has 2 aliphatic heterocycles. The van der Waals surface area contributed by atoms with E-state index in [0.29, 0.717) is 17.7 Å². The molecule has 0 spiro atoms. The number of carbonyl (C=O) groups is 3. The Morgan fingerprint density at radius 1 is 0.909 bits per heavy atom. The molecule has 220 valence electrons. The van der Waals surface area contributed by atoms with Crippen molar-refractivity contribution in [2.45, 2.75) is 51.2 Å². The number of hydrogen-bond acceptors (Lipinski definition) is 3. The Bertz CT molecular complexity index is 1880. The fraction of sp³-hybridized carbons (Fsp3) is 0.216. The maximum absolute atomic E-state index is 14.4. The van der Waals surface area contributed by atoms with Crippen molar-refractivity contribution in [2.75, 3.05) is 4.90 Å². The molecule has 7 rings (SSSR count). The quantitative estimate of drug-likeness (QED) is 0.209. The third-order valence-corrected chi connectivity index (χ3v) is 8.92. The highest BCUT2D eigenvalue weighted by Gasteiger charge is 2.53. The Kier molecular flexibility index (Phi) is 7.01. The minimum absolute atomic E-state index is 0.101. The highest BCUT2D eigenvalue weighted by atomic mass is 16.2. The fourth-order valence-corrected chi connectivity index (χ4v) is 6.65. The molecule has 0 radical (unpaired) electrons. The highest BCUT2D eigenvalue weighted by Crippen LogP contribution is 2.45. The summed E-state index contributed by atoms with van der Waals surface area (Å²) in [6, 6.07) is 31.5. The lowest BCUT2D eigenvalue weighted by Gasteiger charge is -2.36. The molecule has 7 heteroatoms. The van der Waals surface area contributed by atoms with Crippen molar-refractivity contribution in [3.8, 4) is 0 Å². The average Bonchev–Trinajstić information content (AvgIpc) is 3.54. The van der Waals surface area contributed by atoms with Crippen molar-refractivity contribution in [3.05, 3.63) is 137 Å². The number of fused-ring (bicyclic) bond motifs is 4. The number of aromatic amines is 1. The predicted octanol–water partition coefficient (Wildman–Crippen LogP) is 6.71. The molecule has 1 fully saturated rings. The van der Waals surface area contributed by atoms with E-state index < -0.39 is 18.1 Å². The Balaban J connectivity index is 1.22. The van der Waals surface area contributed by atoms with Gasteiger partial charge < -0.3 is 10.3 Å². The van der Waals surface area contributed by atoms with Crippen LogP contribution in [0.1, 0.15) is 57.7 Å². The van der Waals surface area contributed by atoms with Gasteiger partial charge in [0.05, 0.1) is 11.3 Å². The van der Waals surface area contributed by atoms with Gasteiger partial charge in [-0.3, -0.25) is 14.5 Å². The number of urea groups is 1. The third-order valence-electron chi connectivity index (χ3n) is 8.92. The Morgan fingerprint density at radius 2 is 1.61 bits per heavy atom. The molecular formula is C37H34N4O3. The normalized spacial score (nSPS) is 18.3. The van der Waals surface area contributed by atoms with Crippen LogP contribution in [0.25, 0.3) is 10.9 Å². The molecule has 0 unspecified atom stereocenters. The van der Waals surface area contributed by atoms with Crippen molar-refractivity contribution in [1.82, 2.24) is 15.2 Å². The number of H-pyrrole nitrogens is 1. The van der Waals surface area contributed by atoms with Crippen molar-refractivity contribution >= 4 is 34.4 Å². The molecule has 2 aliphatic rings. The van der Waals surface area contributed by atoms with Gasteiger partial charge in [0.25, 0.3) is 11.8 Å². The zero-order valence-electron chi connectivity index (χ0n) is 24.8. The number of hydrogen-bond donors (Lipinski definition) is 2. The van der Waals surface area contributed by atoms with Gasteiger partial charge in [-0.15, -0.1) is 0 Å². The second-order valence-electron chi connectivity index (χ2n) is 11.9. The SMILES string of the molecule is Cc1ccc([C@H]2c3[nH]c4ccccc4c3C[C@H]3C(=O)N(c4ccccc4C(=O)N[C@@H](C)CCc4ccccc4)C(=O)N23)cc1. The molecule has 5 aromatic rings. The Hall–Kier alpha value is -5.17. The number of carbonyl (C=O) groups excluding carboxylic acids is 3. The average molecular weight is 583 g/mol. The minimum Gasteiger partial charge on any atom is -0.356 e. The fourth-order valence-electron chi connectivity index (χ4n) is 6.65. The van der Waals surface area contributed by atoms with Crippen LogP contribution in [-0.2, 0) is 17.6 Å². The number of rotatable bonds is 7. The standard InChI is InChI=1S/C37H34N4O3/c1-23-16-20-26(21-17-23)34-33-29(27-12-6-8-14-30(27)39-33)22-32-36(43)41(37(44)40(32)34)31-15-9-7-13-28(31)35(42)38-24(2)18-19-25-10-4-3-5-11-25/h3-17,20-21,24,32,34,39H,18-19,22H2,1-2H3,(H,38,42)/t24-,32-,34-/m0/s1. The maximum atomic E-state index is 14.4. The first-order valence-corrected chi connectivity index (χ1v) is 15.2. The molecule has 1 aromatic heterocycles. The van der Waals surface area contributed by atoms with Crippen LogP contribution in [0.2, 0.25) is 0 Å². The van der Waals surface area contributed by atoms with E-state index in [0.717, 1.165) is 46.1 Å². The number of nitrogens with zero attached hydrogens (tertiary/aromatic N) is 2. The van der Waals surface area contributed by atoms with Gasteiger partial charge in [0.15, 0.2) is 0 Å². The lowest BCUT2D eigenvalue weighted by Crippen LogP contribution is -2.44. The minimum atomic E-state index is -0.693. The van der Waals surface area contributed by atoms with Crippen LogP contribution in [0.4, 0.5) is 10.5 Å². The number of imide groups is 1. The first kappa shape index (κ1) is 27.7. The monoisotopic (exact) mass is 582 g/mol. The second kappa shape index (κ2) is 11.2. The van der Waals surface area contributed by atoms with Crippen molar-refractivity contribution in [2.24, 2.45) is 0 Å². The van der Waals surface area contributed by atoms with E-state index in [1.165, 1.54) is 10.5 Å². The van der Waals surface area contributed by atoms with Gasteiger partial charge in [-0.2, -0.15) is 0 Å². The summed E-state index contributed by atoms with van der Waals surface area (Å²) >= 11 is 0. The molecule has 7 nitrogen and oxygen atoms in total. The van der Waals surface area contributed by atoms with Gasteiger partial charge in [-0.25, -0.2) is 9.69 Å². The van der Waals surface area contributed by atoms with Gasteiger partial charge in [0.1, 0.15) is 12.1 Å². The van der Waals surface area contributed by atoms with E-state index in [9.17, 15) is 14.4 Å². The predicted molar refractivity (Wildman–Crippen MR) is 172 cm³/mol. The van der Waals surface area contributed by atoms with E-state index in [1.807, 2.05) is 74.5 Å². The van der Waals surface area contributed by atoms with Gasteiger partial charge in [-0.1, -0.05) is 90.5 Å². The Labute approximate surface area is 256 Å². The lowest BCUT2D eigenvalue weighted by molar-refractivity contribution is -0.120.